The summed E-state index contributed by atoms with van der Waals surface area (Å²) >= 11 is 0. The van der Waals surface area contributed by atoms with Crippen molar-refractivity contribution in [2.75, 3.05) is 25.1 Å². The maximum Gasteiger partial charge on any atom is 0.264 e. The molecule has 3 aromatic carbocycles. The van der Waals surface area contributed by atoms with Crippen molar-refractivity contribution in [3.8, 4) is 11.5 Å². The Balaban J connectivity index is 1.77. The zero-order valence-electron chi connectivity index (χ0n) is 26.9. The van der Waals surface area contributed by atoms with Crippen LogP contribution in [0.1, 0.15) is 62.1 Å². The molecule has 1 saturated carbocycles. The van der Waals surface area contributed by atoms with Crippen LogP contribution in [0, 0.1) is 13.8 Å². The number of aryl methyl sites for hydroxylation is 2. The van der Waals surface area contributed by atoms with E-state index in [0.29, 0.717) is 12.2 Å². The second-order valence-electron chi connectivity index (χ2n) is 11.6. The molecule has 0 radical (unpaired) electrons. The lowest BCUT2D eigenvalue weighted by Gasteiger charge is -2.34. The van der Waals surface area contributed by atoms with Crippen LogP contribution >= 0.6 is 0 Å². The maximum atomic E-state index is 14.4. The van der Waals surface area contributed by atoms with Crippen LogP contribution in [-0.4, -0.2) is 58.0 Å². The summed E-state index contributed by atoms with van der Waals surface area (Å²) in [5, 5.41) is 3.18. The Morgan fingerprint density at radius 3 is 2.09 bits per heavy atom. The van der Waals surface area contributed by atoms with Crippen LogP contribution in [0.25, 0.3) is 0 Å². The largest absolute Gasteiger partial charge is 0.497 e. The summed E-state index contributed by atoms with van der Waals surface area (Å²) < 4.78 is 40.6. The van der Waals surface area contributed by atoms with Crippen molar-refractivity contribution < 1.29 is 27.5 Å². The third-order valence-corrected chi connectivity index (χ3v) is 10.1. The number of benzene rings is 3. The number of anilines is 1. The Morgan fingerprint density at radius 1 is 0.889 bits per heavy atom. The van der Waals surface area contributed by atoms with E-state index in [1.54, 1.807) is 24.3 Å². The highest BCUT2D eigenvalue weighted by Gasteiger charge is 2.35. The van der Waals surface area contributed by atoms with Gasteiger partial charge in [0, 0.05) is 18.7 Å². The summed E-state index contributed by atoms with van der Waals surface area (Å²) in [7, 11) is -1.34. The van der Waals surface area contributed by atoms with E-state index in [2.05, 4.69) is 5.32 Å². The molecule has 4 rings (SSSR count). The Bertz CT molecular complexity index is 1550. The number of rotatable bonds is 13. The van der Waals surface area contributed by atoms with Gasteiger partial charge in [0.25, 0.3) is 10.0 Å². The first-order chi connectivity index (χ1) is 21.6. The van der Waals surface area contributed by atoms with Gasteiger partial charge in [-0.3, -0.25) is 13.9 Å². The number of nitrogens with one attached hydrogen (secondary N) is 1. The van der Waals surface area contributed by atoms with Gasteiger partial charge in [0.15, 0.2) is 0 Å². The fourth-order valence-corrected chi connectivity index (χ4v) is 7.11. The number of nitrogens with zero attached hydrogens (tertiary/aromatic N) is 2. The van der Waals surface area contributed by atoms with Gasteiger partial charge in [-0.15, -0.1) is 0 Å². The summed E-state index contributed by atoms with van der Waals surface area (Å²) in [5.41, 5.74) is 2.96. The van der Waals surface area contributed by atoms with Gasteiger partial charge in [0.1, 0.15) is 24.1 Å². The van der Waals surface area contributed by atoms with E-state index in [9.17, 15) is 18.0 Å². The highest BCUT2D eigenvalue weighted by Crippen LogP contribution is 2.36. The van der Waals surface area contributed by atoms with Crippen LogP contribution < -0.4 is 19.1 Å². The van der Waals surface area contributed by atoms with Crippen molar-refractivity contribution in [1.29, 1.82) is 0 Å². The molecule has 0 aromatic heterocycles. The van der Waals surface area contributed by atoms with Crippen LogP contribution in [0.2, 0.25) is 0 Å². The smallest absolute Gasteiger partial charge is 0.264 e. The van der Waals surface area contributed by atoms with E-state index in [1.165, 1.54) is 37.3 Å². The molecule has 0 saturated heterocycles. The molecule has 242 valence electrons. The minimum absolute atomic E-state index is 0.0259. The molecule has 1 atom stereocenters. The quantitative estimate of drug-likeness (QED) is 0.256. The average Bonchev–Trinajstić information content (AvgIpc) is 3.04. The lowest BCUT2D eigenvalue weighted by atomic mass is 9.95. The molecule has 45 heavy (non-hydrogen) atoms. The van der Waals surface area contributed by atoms with E-state index in [4.69, 9.17) is 9.47 Å². The van der Waals surface area contributed by atoms with Crippen molar-refractivity contribution in [3.63, 3.8) is 0 Å². The average molecular weight is 636 g/mol. The Hall–Kier alpha value is -4.05. The number of carbonyl (C=O) groups excluding carboxylic acids is 2. The molecule has 1 fully saturated rings. The van der Waals surface area contributed by atoms with Gasteiger partial charge in [-0.1, -0.05) is 73.7 Å². The predicted molar refractivity (Wildman–Crippen MR) is 176 cm³/mol. The summed E-state index contributed by atoms with van der Waals surface area (Å²) in [6, 6.07) is 18.3. The second-order valence-corrected chi connectivity index (χ2v) is 13.5. The third kappa shape index (κ3) is 8.36. The third-order valence-electron chi connectivity index (χ3n) is 8.35. The molecule has 0 unspecified atom stereocenters. The van der Waals surface area contributed by atoms with Gasteiger partial charge in [-0.25, -0.2) is 8.42 Å². The Kier molecular flexibility index (Phi) is 11.5. The summed E-state index contributed by atoms with van der Waals surface area (Å²) in [4.78, 5) is 29.7. The van der Waals surface area contributed by atoms with E-state index in [1.807, 2.05) is 45.0 Å². The Labute approximate surface area is 267 Å². The number of hydrogen-bond donors (Lipinski definition) is 1. The van der Waals surface area contributed by atoms with Gasteiger partial charge >= 0.3 is 0 Å². The first-order valence-corrected chi connectivity index (χ1v) is 17.0. The van der Waals surface area contributed by atoms with Crippen molar-refractivity contribution in [3.05, 3.63) is 83.4 Å². The van der Waals surface area contributed by atoms with E-state index in [0.717, 1.165) is 53.1 Å². The minimum atomic E-state index is -4.26. The number of carbonyl (C=O) groups is 2. The summed E-state index contributed by atoms with van der Waals surface area (Å²) in [6.45, 7) is 5.30. The predicted octanol–water partition coefficient (Wildman–Crippen LogP) is 5.77. The normalized spacial score (nSPS) is 14.3. The zero-order valence-corrected chi connectivity index (χ0v) is 27.7. The maximum absolute atomic E-state index is 14.4. The molecule has 2 amide bonds. The van der Waals surface area contributed by atoms with Gasteiger partial charge in [0.05, 0.1) is 24.8 Å². The van der Waals surface area contributed by atoms with Crippen LogP contribution in [-0.2, 0) is 26.2 Å². The molecule has 0 bridgehead atoms. The highest BCUT2D eigenvalue weighted by molar-refractivity contribution is 7.92. The second kappa shape index (κ2) is 15.3. The first kappa shape index (κ1) is 33.8. The molecule has 10 heteroatoms. The molecule has 1 N–H and O–H groups in total. The molecule has 0 spiro atoms. The van der Waals surface area contributed by atoms with Crippen LogP contribution in [0.5, 0.6) is 11.5 Å². The Morgan fingerprint density at radius 2 is 1.51 bits per heavy atom. The van der Waals surface area contributed by atoms with E-state index in [-0.39, 0.29) is 34.8 Å². The molecule has 3 aromatic rings. The van der Waals surface area contributed by atoms with Crippen molar-refractivity contribution in [2.45, 2.75) is 82.8 Å². The lowest BCUT2D eigenvalue weighted by molar-refractivity contribution is -0.140. The van der Waals surface area contributed by atoms with Crippen molar-refractivity contribution >= 4 is 27.5 Å². The number of ether oxygens (including phenoxy) is 2. The van der Waals surface area contributed by atoms with Gasteiger partial charge in [-0.2, -0.15) is 0 Å². The van der Waals surface area contributed by atoms with Crippen LogP contribution in [0.4, 0.5) is 5.69 Å². The zero-order chi connectivity index (χ0) is 32.6. The molecular formula is C35H45N3O6S. The number of amides is 2. The highest BCUT2D eigenvalue weighted by atomic mass is 32.2. The van der Waals surface area contributed by atoms with Gasteiger partial charge in [-0.05, 0) is 62.9 Å². The SMILES string of the molecule is CC[C@H](C(=O)NC1CCCCC1)N(Cc1ccc(C)cc1)C(=O)CN(c1cc(OC)ccc1OC)S(=O)(=O)c1ccc(C)cc1. The number of hydrogen-bond acceptors (Lipinski definition) is 6. The van der Waals surface area contributed by atoms with Crippen molar-refractivity contribution in [1.82, 2.24) is 10.2 Å². The monoisotopic (exact) mass is 635 g/mol. The minimum Gasteiger partial charge on any atom is -0.497 e. The van der Waals surface area contributed by atoms with Crippen LogP contribution in [0.3, 0.4) is 0 Å². The number of methoxy groups -OCH3 is 2. The van der Waals surface area contributed by atoms with Crippen molar-refractivity contribution in [2.24, 2.45) is 0 Å². The molecule has 9 nitrogen and oxygen atoms in total. The standard InChI is InChI=1S/C35H45N3O6S/c1-6-31(35(40)36-28-10-8-7-9-11-28)37(23-27-16-12-25(2)13-17-27)34(39)24-38(32-22-29(43-4)18-21-33(32)44-5)45(41,42)30-19-14-26(3)15-20-30/h12-22,28,31H,6-11,23-24H2,1-5H3,(H,36,40)/t31-/m1/s1. The molecular weight excluding hydrogens is 590 g/mol. The first-order valence-electron chi connectivity index (χ1n) is 15.5. The van der Waals surface area contributed by atoms with Gasteiger partial charge in [0.2, 0.25) is 11.8 Å². The molecule has 1 aliphatic carbocycles. The van der Waals surface area contributed by atoms with Gasteiger partial charge < -0.3 is 19.7 Å². The molecule has 0 aliphatic heterocycles. The number of sulfonamides is 1. The summed E-state index contributed by atoms with van der Waals surface area (Å²) in [6.07, 6.45) is 5.45. The van der Waals surface area contributed by atoms with Crippen LogP contribution in [0.15, 0.2) is 71.6 Å². The van der Waals surface area contributed by atoms with E-state index < -0.39 is 28.5 Å². The summed E-state index contributed by atoms with van der Waals surface area (Å²) in [5.74, 6) is -0.0813. The lowest BCUT2D eigenvalue weighted by Crippen LogP contribution is -2.54. The molecule has 1 aliphatic rings. The fourth-order valence-electron chi connectivity index (χ4n) is 5.70. The molecule has 0 heterocycles. The topological polar surface area (TPSA) is 105 Å². The van der Waals surface area contributed by atoms with E-state index >= 15 is 0 Å². The fraction of sp³-hybridized carbons (Fsp3) is 0.429.